The molecule has 1 unspecified atom stereocenters. The van der Waals surface area contributed by atoms with E-state index in [-0.39, 0.29) is 24.9 Å². The molecule has 1 aliphatic carbocycles. The minimum Gasteiger partial charge on any atom is -0.481 e. The molecule has 1 heterocycles. The highest BCUT2D eigenvalue weighted by Crippen LogP contribution is 2.40. The van der Waals surface area contributed by atoms with E-state index < -0.39 is 5.97 Å². The summed E-state index contributed by atoms with van der Waals surface area (Å²) in [6.45, 7) is 2.24. The molecule has 0 saturated heterocycles. The Morgan fingerprint density at radius 2 is 1.78 bits per heavy atom. The first-order valence-electron chi connectivity index (χ1n) is 11.4. The van der Waals surface area contributed by atoms with Crippen LogP contribution in [0.4, 0.5) is 5.69 Å². The monoisotopic (exact) mass is 434 g/mol. The largest absolute Gasteiger partial charge is 0.481 e. The van der Waals surface area contributed by atoms with Gasteiger partial charge in [-0.15, -0.1) is 0 Å². The predicted molar refractivity (Wildman–Crippen MR) is 125 cm³/mol. The fraction of sp³-hybridized carbons (Fsp3) is 0.385. The molecule has 0 radical (unpaired) electrons. The summed E-state index contributed by atoms with van der Waals surface area (Å²) in [5.74, 6) is 0.282. The number of fused-ring (bicyclic) bond motifs is 1. The summed E-state index contributed by atoms with van der Waals surface area (Å²) in [6.07, 6.45) is 5.99. The van der Waals surface area contributed by atoms with Gasteiger partial charge in [-0.05, 0) is 56.0 Å². The highest BCUT2D eigenvalue weighted by molar-refractivity contribution is 5.94. The normalized spacial score (nSPS) is 15.4. The van der Waals surface area contributed by atoms with Crippen LogP contribution < -0.4 is 10.6 Å². The molecule has 6 heteroatoms. The molecule has 1 aromatic heterocycles. The summed E-state index contributed by atoms with van der Waals surface area (Å²) in [6, 6.07) is 15.6. The number of nitrogens with one attached hydrogen (secondary N) is 2. The van der Waals surface area contributed by atoms with Crippen LogP contribution in [0.25, 0.3) is 11.0 Å². The number of hydrogen-bond acceptors (Lipinski definition) is 4. The third-order valence-electron chi connectivity index (χ3n) is 6.38. The molecule has 0 spiro atoms. The van der Waals surface area contributed by atoms with Crippen molar-refractivity contribution in [1.82, 2.24) is 5.32 Å². The van der Waals surface area contributed by atoms with Gasteiger partial charge in [0.25, 0.3) is 5.91 Å². The van der Waals surface area contributed by atoms with E-state index in [4.69, 9.17) is 9.52 Å². The molecule has 1 amide bonds. The Kier molecular flexibility index (Phi) is 6.78. The van der Waals surface area contributed by atoms with Crippen LogP contribution in [-0.4, -0.2) is 23.5 Å². The van der Waals surface area contributed by atoms with E-state index in [9.17, 15) is 9.59 Å². The quantitative estimate of drug-likeness (QED) is 0.424. The van der Waals surface area contributed by atoms with E-state index in [2.05, 4.69) is 23.6 Å². The van der Waals surface area contributed by atoms with Crippen molar-refractivity contribution in [1.29, 1.82) is 0 Å². The number of hydrogen-bond donors (Lipinski definition) is 3. The number of aliphatic carboxylic acids is 1. The first-order chi connectivity index (χ1) is 15.5. The third-order valence-corrected chi connectivity index (χ3v) is 6.38. The topological polar surface area (TPSA) is 91.6 Å². The lowest BCUT2D eigenvalue weighted by atomic mass is 9.82. The molecule has 0 aliphatic heterocycles. The average molecular weight is 435 g/mol. The van der Waals surface area contributed by atoms with E-state index in [1.165, 1.54) is 24.8 Å². The van der Waals surface area contributed by atoms with Crippen molar-refractivity contribution in [2.45, 2.75) is 51.5 Å². The molecule has 1 saturated carbocycles. The average Bonchev–Trinajstić information content (AvgIpc) is 3.14. The van der Waals surface area contributed by atoms with Crippen LogP contribution in [0, 0.1) is 12.8 Å². The molecule has 32 heavy (non-hydrogen) atoms. The summed E-state index contributed by atoms with van der Waals surface area (Å²) < 4.78 is 6.34. The minimum atomic E-state index is -0.931. The Morgan fingerprint density at radius 1 is 1.06 bits per heavy atom. The van der Waals surface area contributed by atoms with Crippen LogP contribution in [0.1, 0.15) is 66.2 Å². The van der Waals surface area contributed by atoms with E-state index in [0.717, 1.165) is 35.3 Å². The van der Waals surface area contributed by atoms with Gasteiger partial charge in [-0.25, -0.2) is 0 Å². The van der Waals surface area contributed by atoms with Gasteiger partial charge in [-0.3, -0.25) is 9.59 Å². The molecule has 3 N–H and O–H groups in total. The number of furan rings is 1. The highest BCUT2D eigenvalue weighted by atomic mass is 16.4. The summed E-state index contributed by atoms with van der Waals surface area (Å²) in [4.78, 5) is 22.9. The van der Waals surface area contributed by atoms with Crippen molar-refractivity contribution >= 4 is 28.5 Å². The Balaban J connectivity index is 1.54. The number of carboxylic acids is 1. The second kappa shape index (κ2) is 9.90. The van der Waals surface area contributed by atoms with Gasteiger partial charge in [0.1, 0.15) is 11.3 Å². The molecular formula is C26H30N2O4. The third kappa shape index (κ3) is 4.96. The van der Waals surface area contributed by atoms with Crippen molar-refractivity contribution in [2.75, 3.05) is 11.9 Å². The van der Waals surface area contributed by atoms with Crippen molar-refractivity contribution in [2.24, 2.45) is 5.92 Å². The lowest BCUT2D eigenvalue weighted by molar-refractivity contribution is -0.136. The molecule has 6 nitrogen and oxygen atoms in total. The molecule has 4 rings (SSSR count). The van der Waals surface area contributed by atoms with Crippen molar-refractivity contribution < 1.29 is 19.1 Å². The van der Waals surface area contributed by atoms with E-state index >= 15 is 0 Å². The number of benzene rings is 2. The zero-order valence-electron chi connectivity index (χ0n) is 18.4. The van der Waals surface area contributed by atoms with Crippen molar-refractivity contribution in [3.05, 3.63) is 65.4 Å². The molecule has 0 bridgehead atoms. The first kappa shape index (κ1) is 21.9. The van der Waals surface area contributed by atoms with Gasteiger partial charge in [0, 0.05) is 28.7 Å². The second-order valence-electron chi connectivity index (χ2n) is 8.58. The maximum absolute atomic E-state index is 12.2. The van der Waals surface area contributed by atoms with Gasteiger partial charge in [0.05, 0.1) is 12.5 Å². The maximum Gasteiger partial charge on any atom is 0.305 e. The van der Waals surface area contributed by atoms with E-state index in [1.807, 2.05) is 30.3 Å². The zero-order chi connectivity index (χ0) is 22.5. The number of carbonyl (C=O) groups excluding carboxylic acids is 1. The Morgan fingerprint density at radius 3 is 2.47 bits per heavy atom. The minimum absolute atomic E-state index is 0.0675. The Bertz CT molecular complexity index is 1080. The Labute approximate surface area is 188 Å². The molecule has 1 aliphatic rings. The molecule has 2 aromatic carbocycles. The summed E-state index contributed by atoms with van der Waals surface area (Å²) in [5.41, 5.74) is 3.53. The van der Waals surface area contributed by atoms with Gasteiger partial charge in [0.15, 0.2) is 0 Å². The van der Waals surface area contributed by atoms with Gasteiger partial charge in [0.2, 0.25) is 0 Å². The van der Waals surface area contributed by atoms with E-state index in [1.54, 1.807) is 12.1 Å². The number of aryl methyl sites for hydroxylation is 1. The second-order valence-corrected chi connectivity index (χ2v) is 8.58. The summed E-state index contributed by atoms with van der Waals surface area (Å²) in [5, 5.41) is 16.2. The Hall–Kier alpha value is -3.28. The molecule has 1 atom stereocenters. The van der Waals surface area contributed by atoms with Gasteiger partial charge >= 0.3 is 5.97 Å². The maximum atomic E-state index is 12.2. The fourth-order valence-corrected chi connectivity index (χ4v) is 4.64. The van der Waals surface area contributed by atoms with Crippen LogP contribution in [0.2, 0.25) is 0 Å². The highest BCUT2D eigenvalue weighted by Gasteiger charge is 2.29. The standard InChI is InChI=1S/C26H30N2O4/c1-17-21-9-5-6-10-22(21)32-25(17)24(18-7-3-2-4-8-18)28-20-13-11-19(12-14-20)26(31)27-16-15-23(29)30/h5-6,9-14,18,24,28H,2-4,7-8,15-16H2,1H3,(H,27,31)(H,29,30). The van der Waals surface area contributed by atoms with Gasteiger partial charge in [-0.2, -0.15) is 0 Å². The number of carboxylic acid groups (broad SMARTS) is 1. The van der Waals surface area contributed by atoms with Gasteiger partial charge in [-0.1, -0.05) is 37.5 Å². The van der Waals surface area contributed by atoms with E-state index in [0.29, 0.717) is 11.5 Å². The number of rotatable bonds is 8. The van der Waals surface area contributed by atoms with Crippen LogP contribution in [0.3, 0.4) is 0 Å². The lowest BCUT2D eigenvalue weighted by Gasteiger charge is -2.31. The van der Waals surface area contributed by atoms with Gasteiger partial charge < -0.3 is 20.2 Å². The van der Waals surface area contributed by atoms with Crippen molar-refractivity contribution in [3.8, 4) is 0 Å². The predicted octanol–water partition coefficient (Wildman–Crippen LogP) is 5.68. The molecule has 1 fully saturated rings. The number of anilines is 1. The fourth-order valence-electron chi connectivity index (χ4n) is 4.64. The summed E-state index contributed by atoms with van der Waals surface area (Å²) >= 11 is 0. The first-order valence-corrected chi connectivity index (χ1v) is 11.4. The number of carbonyl (C=O) groups is 2. The molecule has 168 valence electrons. The lowest BCUT2D eigenvalue weighted by Crippen LogP contribution is -2.26. The molecule has 3 aromatic rings. The molecular weight excluding hydrogens is 404 g/mol. The van der Waals surface area contributed by atoms with Crippen molar-refractivity contribution in [3.63, 3.8) is 0 Å². The SMILES string of the molecule is Cc1c(C(Nc2ccc(C(=O)NCCC(=O)O)cc2)C2CCCCC2)oc2ccccc12. The van der Waals surface area contributed by atoms with Crippen LogP contribution >= 0.6 is 0 Å². The van der Waals surface area contributed by atoms with Crippen LogP contribution in [-0.2, 0) is 4.79 Å². The summed E-state index contributed by atoms with van der Waals surface area (Å²) in [7, 11) is 0. The number of amides is 1. The smallest absolute Gasteiger partial charge is 0.305 e. The number of para-hydroxylation sites is 1. The van der Waals surface area contributed by atoms with Crippen LogP contribution in [0.5, 0.6) is 0 Å². The van der Waals surface area contributed by atoms with Crippen LogP contribution in [0.15, 0.2) is 52.9 Å². The zero-order valence-corrected chi connectivity index (χ0v) is 18.4.